The molecule has 1 aliphatic rings. The van der Waals surface area contributed by atoms with Crippen LogP contribution in [0.4, 0.5) is 11.6 Å². The zero-order chi connectivity index (χ0) is 15.4. The average molecular weight is 317 g/mol. The summed E-state index contributed by atoms with van der Waals surface area (Å²) in [7, 11) is 0. The Kier molecular flexibility index (Phi) is 4.78. The van der Waals surface area contributed by atoms with Crippen LogP contribution in [-0.2, 0) is 6.54 Å². The Hall–Kier alpha value is -1.81. The second-order valence-electron chi connectivity index (χ2n) is 5.88. The first kappa shape index (κ1) is 15.1. The molecule has 2 heterocycles. The second kappa shape index (κ2) is 6.97. The SMILES string of the molecule is CC1CCN(c2cc(NCc3ccccc3Cl)ncn2)CC1. The van der Waals surface area contributed by atoms with E-state index in [1.165, 1.54) is 12.8 Å². The molecule has 1 fully saturated rings. The van der Waals surface area contributed by atoms with Crippen molar-refractivity contribution in [2.75, 3.05) is 23.3 Å². The first-order valence-electron chi connectivity index (χ1n) is 7.76. The second-order valence-corrected chi connectivity index (χ2v) is 6.28. The van der Waals surface area contributed by atoms with Gasteiger partial charge >= 0.3 is 0 Å². The molecule has 0 saturated carbocycles. The summed E-state index contributed by atoms with van der Waals surface area (Å²) in [5.74, 6) is 2.66. The lowest BCUT2D eigenvalue weighted by molar-refractivity contribution is 0.436. The fraction of sp³-hybridized carbons (Fsp3) is 0.412. The van der Waals surface area contributed by atoms with Gasteiger partial charge in [-0.15, -0.1) is 0 Å². The molecule has 0 atom stereocenters. The van der Waals surface area contributed by atoms with Crippen molar-refractivity contribution in [1.82, 2.24) is 9.97 Å². The predicted molar refractivity (Wildman–Crippen MR) is 91.4 cm³/mol. The predicted octanol–water partition coefficient (Wildman–Crippen LogP) is 3.98. The number of anilines is 2. The molecule has 5 heteroatoms. The van der Waals surface area contributed by atoms with Crippen LogP contribution >= 0.6 is 11.6 Å². The molecule has 1 N–H and O–H groups in total. The van der Waals surface area contributed by atoms with E-state index < -0.39 is 0 Å². The molecule has 116 valence electrons. The number of aromatic nitrogens is 2. The monoisotopic (exact) mass is 316 g/mol. The maximum absolute atomic E-state index is 6.18. The van der Waals surface area contributed by atoms with E-state index in [0.29, 0.717) is 6.54 Å². The van der Waals surface area contributed by atoms with Crippen LogP contribution in [0.25, 0.3) is 0 Å². The number of piperidine rings is 1. The minimum Gasteiger partial charge on any atom is -0.366 e. The molecule has 22 heavy (non-hydrogen) atoms. The summed E-state index contributed by atoms with van der Waals surface area (Å²) in [6.07, 6.45) is 4.08. The molecule has 1 aliphatic heterocycles. The van der Waals surface area contributed by atoms with Gasteiger partial charge in [0.1, 0.15) is 18.0 Å². The van der Waals surface area contributed by atoms with Crippen molar-refractivity contribution in [2.24, 2.45) is 5.92 Å². The third-order valence-corrected chi connectivity index (χ3v) is 4.55. The van der Waals surface area contributed by atoms with E-state index >= 15 is 0 Å². The Bertz CT molecular complexity index is 624. The van der Waals surface area contributed by atoms with Gasteiger partial charge in [0.05, 0.1) is 0 Å². The van der Waals surface area contributed by atoms with Crippen LogP contribution in [-0.4, -0.2) is 23.1 Å². The van der Waals surface area contributed by atoms with E-state index in [-0.39, 0.29) is 0 Å². The smallest absolute Gasteiger partial charge is 0.134 e. The van der Waals surface area contributed by atoms with E-state index in [2.05, 4.69) is 27.1 Å². The fourth-order valence-corrected chi connectivity index (χ4v) is 2.88. The largest absolute Gasteiger partial charge is 0.366 e. The highest BCUT2D eigenvalue weighted by Crippen LogP contribution is 2.23. The summed E-state index contributed by atoms with van der Waals surface area (Å²) >= 11 is 6.18. The molecule has 0 spiro atoms. The van der Waals surface area contributed by atoms with Crippen molar-refractivity contribution in [2.45, 2.75) is 26.3 Å². The van der Waals surface area contributed by atoms with E-state index in [9.17, 15) is 0 Å². The lowest BCUT2D eigenvalue weighted by atomic mass is 9.99. The number of benzene rings is 1. The lowest BCUT2D eigenvalue weighted by Gasteiger charge is -2.31. The maximum atomic E-state index is 6.18. The topological polar surface area (TPSA) is 41.0 Å². The van der Waals surface area contributed by atoms with E-state index in [1.54, 1.807) is 6.33 Å². The molecule has 0 bridgehead atoms. The van der Waals surface area contributed by atoms with E-state index in [1.807, 2.05) is 30.3 Å². The first-order chi connectivity index (χ1) is 10.7. The summed E-state index contributed by atoms with van der Waals surface area (Å²) in [6, 6.07) is 9.87. The average Bonchev–Trinajstić information content (AvgIpc) is 2.55. The van der Waals surface area contributed by atoms with Gasteiger partial charge in [0.15, 0.2) is 0 Å². The molecule has 2 aromatic rings. The van der Waals surface area contributed by atoms with Gasteiger partial charge in [0.2, 0.25) is 0 Å². The van der Waals surface area contributed by atoms with Crippen molar-refractivity contribution >= 4 is 23.2 Å². The van der Waals surface area contributed by atoms with Gasteiger partial charge < -0.3 is 10.2 Å². The van der Waals surface area contributed by atoms with Crippen LogP contribution in [0.15, 0.2) is 36.7 Å². The highest BCUT2D eigenvalue weighted by atomic mass is 35.5. The van der Waals surface area contributed by atoms with Crippen molar-refractivity contribution < 1.29 is 0 Å². The summed E-state index contributed by atoms with van der Waals surface area (Å²) in [6.45, 7) is 5.12. The van der Waals surface area contributed by atoms with Crippen molar-refractivity contribution in [3.63, 3.8) is 0 Å². The van der Waals surface area contributed by atoms with Gasteiger partial charge in [-0.25, -0.2) is 9.97 Å². The number of hydrogen-bond donors (Lipinski definition) is 1. The third kappa shape index (κ3) is 3.69. The summed E-state index contributed by atoms with van der Waals surface area (Å²) in [5, 5.41) is 4.10. The van der Waals surface area contributed by atoms with Gasteiger partial charge in [-0.05, 0) is 30.4 Å². The Balaban J connectivity index is 1.65. The van der Waals surface area contributed by atoms with Gasteiger partial charge in [-0.3, -0.25) is 0 Å². The van der Waals surface area contributed by atoms with Crippen LogP contribution in [0.1, 0.15) is 25.3 Å². The molecular formula is C17H21ClN4. The zero-order valence-corrected chi connectivity index (χ0v) is 13.6. The highest BCUT2D eigenvalue weighted by molar-refractivity contribution is 6.31. The quantitative estimate of drug-likeness (QED) is 0.926. The van der Waals surface area contributed by atoms with Crippen LogP contribution in [0.2, 0.25) is 5.02 Å². The number of hydrogen-bond acceptors (Lipinski definition) is 4. The summed E-state index contributed by atoms with van der Waals surface area (Å²) in [4.78, 5) is 11.0. The zero-order valence-electron chi connectivity index (χ0n) is 12.8. The Morgan fingerprint density at radius 2 is 2.00 bits per heavy atom. The first-order valence-corrected chi connectivity index (χ1v) is 8.14. The van der Waals surface area contributed by atoms with Gasteiger partial charge in [-0.2, -0.15) is 0 Å². The molecule has 4 nitrogen and oxygen atoms in total. The van der Waals surface area contributed by atoms with Crippen molar-refractivity contribution in [3.05, 3.63) is 47.2 Å². The Morgan fingerprint density at radius 3 is 2.77 bits per heavy atom. The molecule has 0 radical (unpaired) electrons. The standard InChI is InChI=1S/C17H21ClN4/c1-13-6-8-22(9-7-13)17-10-16(20-12-21-17)19-11-14-4-2-3-5-15(14)18/h2-5,10,12-13H,6-9,11H2,1H3,(H,19,20,21). The van der Waals surface area contributed by atoms with E-state index in [4.69, 9.17) is 11.6 Å². The van der Waals surface area contributed by atoms with Crippen LogP contribution in [0, 0.1) is 5.92 Å². The van der Waals surface area contributed by atoms with Gasteiger partial charge in [0, 0.05) is 30.7 Å². The number of halogens is 1. The number of rotatable bonds is 4. The number of nitrogens with zero attached hydrogens (tertiary/aromatic N) is 3. The van der Waals surface area contributed by atoms with Crippen molar-refractivity contribution in [3.8, 4) is 0 Å². The molecule has 0 aliphatic carbocycles. The van der Waals surface area contributed by atoms with Crippen LogP contribution < -0.4 is 10.2 Å². The summed E-state index contributed by atoms with van der Waals surface area (Å²) in [5.41, 5.74) is 1.07. The van der Waals surface area contributed by atoms with Crippen LogP contribution in [0.3, 0.4) is 0 Å². The third-order valence-electron chi connectivity index (χ3n) is 4.18. The molecular weight excluding hydrogens is 296 g/mol. The van der Waals surface area contributed by atoms with Gasteiger partial charge in [-0.1, -0.05) is 36.7 Å². The van der Waals surface area contributed by atoms with Crippen LogP contribution in [0.5, 0.6) is 0 Å². The molecule has 1 saturated heterocycles. The molecule has 1 aromatic heterocycles. The minimum atomic E-state index is 0.660. The van der Waals surface area contributed by atoms with Gasteiger partial charge in [0.25, 0.3) is 0 Å². The molecule has 0 unspecified atom stereocenters. The minimum absolute atomic E-state index is 0.660. The normalized spacial score (nSPS) is 15.8. The summed E-state index contributed by atoms with van der Waals surface area (Å²) < 4.78 is 0. The Morgan fingerprint density at radius 1 is 1.23 bits per heavy atom. The van der Waals surface area contributed by atoms with Crippen molar-refractivity contribution in [1.29, 1.82) is 0 Å². The highest BCUT2D eigenvalue weighted by Gasteiger charge is 2.17. The molecule has 1 aromatic carbocycles. The molecule has 0 amide bonds. The molecule has 3 rings (SSSR count). The maximum Gasteiger partial charge on any atom is 0.134 e. The number of nitrogens with one attached hydrogen (secondary N) is 1. The fourth-order valence-electron chi connectivity index (χ4n) is 2.68. The Labute approximate surface area is 136 Å². The van der Waals surface area contributed by atoms with E-state index in [0.717, 1.165) is 41.2 Å². The lowest BCUT2D eigenvalue weighted by Crippen LogP contribution is -2.33.